The molecule has 1 atom stereocenters. The molecular formula is C14H13NO3. The number of nitrogens with two attached hydrogens (primary N) is 1. The monoisotopic (exact) mass is 243 g/mol. The van der Waals surface area contributed by atoms with Gasteiger partial charge in [-0.3, -0.25) is 0 Å². The molecule has 0 saturated carbocycles. The van der Waals surface area contributed by atoms with Gasteiger partial charge in [0.25, 0.3) is 0 Å². The van der Waals surface area contributed by atoms with Crippen LogP contribution in [0.4, 0.5) is 0 Å². The quantitative estimate of drug-likeness (QED) is 0.576. The van der Waals surface area contributed by atoms with Gasteiger partial charge < -0.3 is 21.1 Å². The van der Waals surface area contributed by atoms with E-state index in [9.17, 15) is 15.3 Å². The summed E-state index contributed by atoms with van der Waals surface area (Å²) in [5.74, 6) is -0.168. The van der Waals surface area contributed by atoms with Gasteiger partial charge in [-0.2, -0.15) is 0 Å². The van der Waals surface area contributed by atoms with Crippen molar-refractivity contribution in [3.63, 3.8) is 0 Å². The highest BCUT2D eigenvalue weighted by Crippen LogP contribution is 2.51. The summed E-state index contributed by atoms with van der Waals surface area (Å²) in [6.45, 7) is 0.383. The van der Waals surface area contributed by atoms with Crippen LogP contribution in [0.5, 0.6) is 17.2 Å². The molecule has 5 N–H and O–H groups in total. The summed E-state index contributed by atoms with van der Waals surface area (Å²) in [7, 11) is 0. The van der Waals surface area contributed by atoms with Gasteiger partial charge in [-0.1, -0.05) is 12.1 Å². The number of aromatic hydroxyl groups is 3. The van der Waals surface area contributed by atoms with Gasteiger partial charge in [0.1, 0.15) is 5.75 Å². The minimum Gasteiger partial charge on any atom is -0.508 e. The molecule has 0 unspecified atom stereocenters. The van der Waals surface area contributed by atoms with Gasteiger partial charge in [0.15, 0.2) is 11.5 Å². The Morgan fingerprint density at radius 2 is 1.78 bits per heavy atom. The molecule has 0 bridgehead atoms. The molecule has 92 valence electrons. The Morgan fingerprint density at radius 3 is 2.50 bits per heavy atom. The van der Waals surface area contributed by atoms with Gasteiger partial charge in [0, 0.05) is 18.0 Å². The van der Waals surface area contributed by atoms with Crippen molar-refractivity contribution in [2.45, 2.75) is 5.92 Å². The molecule has 0 fully saturated rings. The average molecular weight is 243 g/mol. The fraction of sp³-hybridized carbons (Fsp3) is 0.143. The third kappa shape index (κ3) is 1.29. The molecule has 3 rings (SSSR count). The Morgan fingerprint density at radius 1 is 1.00 bits per heavy atom. The predicted molar refractivity (Wildman–Crippen MR) is 67.8 cm³/mol. The van der Waals surface area contributed by atoms with E-state index in [0.29, 0.717) is 12.1 Å². The number of hydrogen-bond acceptors (Lipinski definition) is 4. The Balaban J connectivity index is 2.35. The lowest BCUT2D eigenvalue weighted by atomic mass is 9.97. The van der Waals surface area contributed by atoms with Crippen molar-refractivity contribution in [1.82, 2.24) is 0 Å². The van der Waals surface area contributed by atoms with Crippen molar-refractivity contribution >= 4 is 0 Å². The van der Waals surface area contributed by atoms with Crippen LogP contribution in [0.1, 0.15) is 17.0 Å². The second-order valence-electron chi connectivity index (χ2n) is 4.46. The highest BCUT2D eigenvalue weighted by Gasteiger charge is 2.31. The summed E-state index contributed by atoms with van der Waals surface area (Å²) in [5, 5.41) is 29.1. The molecule has 4 heteroatoms. The van der Waals surface area contributed by atoms with Crippen LogP contribution < -0.4 is 5.73 Å². The van der Waals surface area contributed by atoms with E-state index < -0.39 is 0 Å². The fourth-order valence-electron chi connectivity index (χ4n) is 2.66. The van der Waals surface area contributed by atoms with Crippen LogP contribution in [0, 0.1) is 0 Å². The van der Waals surface area contributed by atoms with E-state index in [4.69, 9.17) is 5.73 Å². The van der Waals surface area contributed by atoms with Gasteiger partial charge in [0.05, 0.1) is 0 Å². The molecular weight excluding hydrogens is 230 g/mol. The molecule has 0 amide bonds. The first-order valence-corrected chi connectivity index (χ1v) is 5.71. The van der Waals surface area contributed by atoms with Crippen molar-refractivity contribution in [2.75, 3.05) is 6.54 Å². The first-order chi connectivity index (χ1) is 8.63. The fourth-order valence-corrected chi connectivity index (χ4v) is 2.66. The van der Waals surface area contributed by atoms with Crippen molar-refractivity contribution in [2.24, 2.45) is 5.73 Å². The maximum Gasteiger partial charge on any atom is 0.165 e. The van der Waals surface area contributed by atoms with E-state index >= 15 is 0 Å². The second-order valence-corrected chi connectivity index (χ2v) is 4.46. The van der Waals surface area contributed by atoms with E-state index in [1.165, 1.54) is 6.07 Å². The Hall–Kier alpha value is -2.20. The molecule has 0 saturated heterocycles. The summed E-state index contributed by atoms with van der Waals surface area (Å²) in [6, 6.07) is 8.17. The lowest BCUT2D eigenvalue weighted by Crippen LogP contribution is -2.11. The lowest BCUT2D eigenvalue weighted by Gasteiger charge is -2.10. The zero-order chi connectivity index (χ0) is 12.9. The van der Waals surface area contributed by atoms with E-state index in [0.717, 1.165) is 16.7 Å². The second kappa shape index (κ2) is 3.65. The number of fused-ring (bicyclic) bond motifs is 3. The zero-order valence-electron chi connectivity index (χ0n) is 9.59. The summed E-state index contributed by atoms with van der Waals surface area (Å²) in [5.41, 5.74) is 8.96. The summed E-state index contributed by atoms with van der Waals surface area (Å²) in [6.07, 6.45) is 0. The van der Waals surface area contributed by atoms with Gasteiger partial charge >= 0.3 is 0 Å². The molecule has 0 aliphatic heterocycles. The molecule has 0 aromatic heterocycles. The van der Waals surface area contributed by atoms with Crippen LogP contribution in [-0.4, -0.2) is 21.9 Å². The molecule has 2 aromatic rings. The van der Waals surface area contributed by atoms with Crippen LogP contribution in [0.25, 0.3) is 11.1 Å². The number of phenolic OH excluding ortho intramolecular Hbond substituents is 3. The largest absolute Gasteiger partial charge is 0.508 e. The Bertz CT molecular complexity index is 637. The minimum atomic E-state index is -0.148. The number of rotatable bonds is 1. The number of benzene rings is 2. The number of phenols is 3. The topological polar surface area (TPSA) is 86.7 Å². The van der Waals surface area contributed by atoms with Crippen molar-refractivity contribution in [3.05, 3.63) is 41.5 Å². The molecule has 1 aliphatic carbocycles. The van der Waals surface area contributed by atoms with E-state index in [1.807, 2.05) is 0 Å². The molecule has 2 aromatic carbocycles. The van der Waals surface area contributed by atoms with Crippen molar-refractivity contribution in [1.29, 1.82) is 0 Å². The Kier molecular flexibility index (Phi) is 2.21. The Labute approximate surface area is 104 Å². The van der Waals surface area contributed by atoms with Gasteiger partial charge in [-0.25, -0.2) is 0 Å². The molecule has 0 radical (unpaired) electrons. The zero-order valence-corrected chi connectivity index (χ0v) is 9.59. The van der Waals surface area contributed by atoms with Crippen LogP contribution in [0.15, 0.2) is 30.3 Å². The number of hydrogen-bond donors (Lipinski definition) is 4. The highest BCUT2D eigenvalue weighted by molar-refractivity contribution is 5.85. The van der Waals surface area contributed by atoms with Crippen molar-refractivity contribution < 1.29 is 15.3 Å². The third-order valence-corrected chi connectivity index (χ3v) is 3.48. The van der Waals surface area contributed by atoms with E-state index in [1.54, 1.807) is 24.3 Å². The SMILES string of the molecule is NC[C@H]1c2cc(O)ccc2-c2c1ccc(O)c2O. The van der Waals surface area contributed by atoms with Gasteiger partial charge in [0.2, 0.25) is 0 Å². The van der Waals surface area contributed by atoms with Crippen LogP contribution in [0.3, 0.4) is 0 Å². The smallest absolute Gasteiger partial charge is 0.165 e. The minimum absolute atomic E-state index is 0.0615. The van der Waals surface area contributed by atoms with Crippen LogP contribution in [-0.2, 0) is 0 Å². The average Bonchev–Trinajstić information content (AvgIpc) is 2.67. The molecule has 18 heavy (non-hydrogen) atoms. The normalized spacial score (nSPS) is 16.4. The standard InChI is InChI=1S/C14H13NO3/c15-6-11-9-3-4-12(17)14(18)13(9)8-2-1-7(16)5-10(8)11/h1-5,11,16-18H,6,15H2/t11-/m1/s1. The predicted octanol–water partition coefficient (Wildman–Crippen LogP) is 1.87. The maximum atomic E-state index is 9.99. The first kappa shape index (κ1) is 10.9. The van der Waals surface area contributed by atoms with E-state index in [-0.39, 0.29) is 23.2 Å². The molecule has 4 nitrogen and oxygen atoms in total. The van der Waals surface area contributed by atoms with Crippen molar-refractivity contribution in [3.8, 4) is 28.4 Å². The van der Waals surface area contributed by atoms with Gasteiger partial charge in [-0.15, -0.1) is 0 Å². The first-order valence-electron chi connectivity index (χ1n) is 5.71. The van der Waals surface area contributed by atoms with Gasteiger partial charge in [-0.05, 0) is 34.9 Å². The molecule has 0 heterocycles. The summed E-state index contributed by atoms with van der Waals surface area (Å²) >= 11 is 0. The lowest BCUT2D eigenvalue weighted by molar-refractivity contribution is 0.405. The van der Waals surface area contributed by atoms with Crippen LogP contribution >= 0.6 is 0 Å². The summed E-state index contributed by atoms with van der Waals surface area (Å²) in [4.78, 5) is 0. The van der Waals surface area contributed by atoms with Crippen LogP contribution in [0.2, 0.25) is 0 Å². The highest BCUT2D eigenvalue weighted by atomic mass is 16.3. The summed E-state index contributed by atoms with van der Waals surface area (Å²) < 4.78 is 0. The van der Waals surface area contributed by atoms with E-state index in [2.05, 4.69) is 0 Å². The maximum absolute atomic E-state index is 9.99. The molecule has 0 spiro atoms. The molecule has 1 aliphatic rings. The third-order valence-electron chi connectivity index (χ3n) is 3.48.